The van der Waals surface area contributed by atoms with Crippen molar-refractivity contribution in [3.63, 3.8) is 0 Å². The van der Waals surface area contributed by atoms with Gasteiger partial charge >= 0.3 is 5.97 Å². The van der Waals surface area contributed by atoms with E-state index in [0.717, 1.165) is 0 Å². The van der Waals surface area contributed by atoms with Crippen molar-refractivity contribution in [2.24, 2.45) is 4.99 Å². The van der Waals surface area contributed by atoms with Crippen LogP contribution in [-0.4, -0.2) is 24.3 Å². The second-order valence-electron chi connectivity index (χ2n) is 7.13. The SMILES string of the molecule is CCOC(=O)C1=C(C)N=c2s/c(=C\c3ccc(F)cc3)c(=O)n2[C@@H]1c1cccc(OC)c1. The molecule has 0 aliphatic carbocycles. The molecule has 4 rings (SSSR count). The third-order valence-electron chi connectivity index (χ3n) is 5.09. The molecule has 1 aromatic heterocycles. The summed E-state index contributed by atoms with van der Waals surface area (Å²) in [7, 11) is 1.56. The molecule has 2 heterocycles. The summed E-state index contributed by atoms with van der Waals surface area (Å²) in [5.74, 6) is -0.264. The van der Waals surface area contributed by atoms with Crippen LogP contribution in [0.5, 0.6) is 5.75 Å². The van der Waals surface area contributed by atoms with Gasteiger partial charge in [-0.15, -0.1) is 0 Å². The Morgan fingerprint density at radius 1 is 1.25 bits per heavy atom. The number of benzene rings is 2. The highest BCUT2D eigenvalue weighted by Gasteiger charge is 2.33. The second kappa shape index (κ2) is 8.92. The van der Waals surface area contributed by atoms with Gasteiger partial charge in [0.25, 0.3) is 5.56 Å². The van der Waals surface area contributed by atoms with E-state index in [1.165, 1.54) is 28.0 Å². The summed E-state index contributed by atoms with van der Waals surface area (Å²) in [6, 6.07) is 12.4. The first-order valence-corrected chi connectivity index (χ1v) is 10.8. The predicted molar refractivity (Wildman–Crippen MR) is 120 cm³/mol. The van der Waals surface area contributed by atoms with Crippen molar-refractivity contribution in [3.05, 3.63) is 96.4 Å². The molecule has 0 amide bonds. The minimum Gasteiger partial charge on any atom is -0.497 e. The largest absolute Gasteiger partial charge is 0.497 e. The summed E-state index contributed by atoms with van der Waals surface area (Å²) in [6.07, 6.45) is 1.69. The lowest BCUT2D eigenvalue weighted by atomic mass is 9.95. The number of carbonyl (C=O) groups excluding carboxylic acids is 1. The van der Waals surface area contributed by atoms with Crippen LogP contribution in [0.3, 0.4) is 0 Å². The summed E-state index contributed by atoms with van der Waals surface area (Å²) >= 11 is 1.22. The Kier molecular flexibility index (Phi) is 6.05. The van der Waals surface area contributed by atoms with E-state index in [4.69, 9.17) is 9.47 Å². The maximum atomic E-state index is 13.5. The molecule has 0 fully saturated rings. The molecular formula is C24H21FN2O4S. The van der Waals surface area contributed by atoms with Crippen LogP contribution in [0.4, 0.5) is 4.39 Å². The van der Waals surface area contributed by atoms with Gasteiger partial charge in [0, 0.05) is 0 Å². The summed E-state index contributed by atoms with van der Waals surface area (Å²) < 4.78 is 25.8. The zero-order chi connectivity index (χ0) is 22.8. The van der Waals surface area contributed by atoms with E-state index in [0.29, 0.717) is 37.5 Å². The highest BCUT2D eigenvalue weighted by Crippen LogP contribution is 2.32. The van der Waals surface area contributed by atoms with Gasteiger partial charge in [0.2, 0.25) is 0 Å². The van der Waals surface area contributed by atoms with Gasteiger partial charge in [0.05, 0.1) is 35.6 Å². The Balaban J connectivity index is 1.96. The lowest BCUT2D eigenvalue weighted by Gasteiger charge is -2.25. The first-order chi connectivity index (χ1) is 15.4. The molecule has 0 N–H and O–H groups in total. The number of hydrogen-bond donors (Lipinski definition) is 0. The molecule has 6 nitrogen and oxygen atoms in total. The van der Waals surface area contributed by atoms with Crippen molar-refractivity contribution in [2.45, 2.75) is 19.9 Å². The second-order valence-corrected chi connectivity index (χ2v) is 8.14. The Morgan fingerprint density at radius 2 is 2.00 bits per heavy atom. The maximum absolute atomic E-state index is 13.5. The maximum Gasteiger partial charge on any atom is 0.338 e. The normalized spacial score (nSPS) is 15.9. The monoisotopic (exact) mass is 452 g/mol. The minimum absolute atomic E-state index is 0.204. The Bertz CT molecular complexity index is 1390. The molecule has 0 unspecified atom stereocenters. The van der Waals surface area contributed by atoms with Crippen LogP contribution in [0.2, 0.25) is 0 Å². The Morgan fingerprint density at radius 3 is 2.69 bits per heavy atom. The molecule has 0 saturated carbocycles. The third kappa shape index (κ3) is 4.01. The van der Waals surface area contributed by atoms with Crippen molar-refractivity contribution in [1.29, 1.82) is 0 Å². The van der Waals surface area contributed by atoms with Crippen LogP contribution in [-0.2, 0) is 9.53 Å². The predicted octanol–water partition coefficient (Wildman–Crippen LogP) is 2.95. The van der Waals surface area contributed by atoms with Crippen molar-refractivity contribution in [3.8, 4) is 5.75 Å². The molecule has 8 heteroatoms. The van der Waals surface area contributed by atoms with Crippen LogP contribution in [0.1, 0.15) is 31.0 Å². The van der Waals surface area contributed by atoms with Gasteiger partial charge in [-0.3, -0.25) is 9.36 Å². The van der Waals surface area contributed by atoms with E-state index in [9.17, 15) is 14.0 Å². The highest BCUT2D eigenvalue weighted by molar-refractivity contribution is 7.07. The molecule has 0 radical (unpaired) electrons. The van der Waals surface area contributed by atoms with Crippen LogP contribution >= 0.6 is 11.3 Å². The first-order valence-electron chi connectivity index (χ1n) is 10.0. The Hall–Kier alpha value is -3.52. The van der Waals surface area contributed by atoms with Crippen LogP contribution in [0.25, 0.3) is 6.08 Å². The smallest absolute Gasteiger partial charge is 0.338 e. The highest BCUT2D eigenvalue weighted by atomic mass is 32.1. The topological polar surface area (TPSA) is 69.9 Å². The fourth-order valence-corrected chi connectivity index (χ4v) is 4.68. The number of thiazole rings is 1. The number of esters is 1. The first kappa shape index (κ1) is 21.7. The van der Waals surface area contributed by atoms with E-state index >= 15 is 0 Å². The number of aromatic nitrogens is 1. The van der Waals surface area contributed by atoms with Gasteiger partial charge < -0.3 is 9.47 Å². The molecular weight excluding hydrogens is 431 g/mol. The van der Waals surface area contributed by atoms with Crippen LogP contribution in [0.15, 0.2) is 69.6 Å². The molecule has 2 aromatic carbocycles. The van der Waals surface area contributed by atoms with Crippen LogP contribution in [0, 0.1) is 5.82 Å². The molecule has 0 saturated heterocycles. The quantitative estimate of drug-likeness (QED) is 0.558. The average Bonchev–Trinajstić information content (AvgIpc) is 3.09. The number of rotatable bonds is 5. The zero-order valence-corrected chi connectivity index (χ0v) is 18.6. The summed E-state index contributed by atoms with van der Waals surface area (Å²) in [4.78, 5) is 31.3. The lowest BCUT2D eigenvalue weighted by molar-refractivity contribution is -0.139. The molecule has 164 valence electrons. The van der Waals surface area contributed by atoms with Gasteiger partial charge in [0.1, 0.15) is 11.6 Å². The number of allylic oxidation sites excluding steroid dienone is 1. The standard InChI is InChI=1S/C24H21FN2O4S/c1-4-31-23(29)20-14(2)26-24-27(21(20)16-6-5-7-18(13-16)30-3)22(28)19(32-24)12-15-8-10-17(25)11-9-15/h5-13,21H,4H2,1-3H3/b19-12-/t21-/m1/s1. The van der Waals surface area contributed by atoms with Gasteiger partial charge in [-0.1, -0.05) is 35.6 Å². The summed E-state index contributed by atoms with van der Waals surface area (Å²) in [5, 5.41) is 0. The van der Waals surface area contributed by atoms with E-state index in [1.54, 1.807) is 57.4 Å². The molecule has 1 aliphatic rings. The molecule has 1 atom stereocenters. The van der Waals surface area contributed by atoms with E-state index in [2.05, 4.69) is 4.99 Å². The third-order valence-corrected chi connectivity index (χ3v) is 6.08. The van der Waals surface area contributed by atoms with Crippen LogP contribution < -0.4 is 19.6 Å². The number of ether oxygens (including phenoxy) is 2. The van der Waals surface area contributed by atoms with E-state index < -0.39 is 12.0 Å². The lowest BCUT2D eigenvalue weighted by Crippen LogP contribution is -2.39. The number of halogens is 1. The Labute approximate surface area is 187 Å². The van der Waals surface area contributed by atoms with E-state index in [-0.39, 0.29) is 18.0 Å². The van der Waals surface area contributed by atoms with Gasteiger partial charge in [-0.05, 0) is 55.3 Å². The fourth-order valence-electron chi connectivity index (χ4n) is 3.63. The van der Waals surface area contributed by atoms with Gasteiger partial charge in [-0.25, -0.2) is 14.2 Å². The molecule has 0 spiro atoms. The number of nitrogens with zero attached hydrogens (tertiary/aromatic N) is 2. The van der Waals surface area contributed by atoms with Gasteiger partial charge in [-0.2, -0.15) is 0 Å². The molecule has 1 aliphatic heterocycles. The summed E-state index contributed by atoms with van der Waals surface area (Å²) in [5.41, 5.74) is 1.90. The molecule has 0 bridgehead atoms. The zero-order valence-electron chi connectivity index (χ0n) is 17.8. The molecule has 32 heavy (non-hydrogen) atoms. The number of carbonyl (C=O) groups is 1. The van der Waals surface area contributed by atoms with Crippen molar-refractivity contribution < 1.29 is 18.7 Å². The van der Waals surface area contributed by atoms with Crippen molar-refractivity contribution in [1.82, 2.24) is 4.57 Å². The minimum atomic E-state index is -0.712. The van der Waals surface area contributed by atoms with Gasteiger partial charge in [0.15, 0.2) is 4.80 Å². The number of methoxy groups -OCH3 is 1. The fraction of sp³-hybridized carbons (Fsp3) is 0.208. The number of fused-ring (bicyclic) bond motifs is 1. The van der Waals surface area contributed by atoms with Crippen molar-refractivity contribution >= 4 is 23.4 Å². The molecule has 3 aromatic rings. The summed E-state index contributed by atoms with van der Waals surface area (Å²) in [6.45, 7) is 3.66. The van der Waals surface area contributed by atoms with E-state index in [1.807, 2.05) is 6.07 Å². The average molecular weight is 453 g/mol. The van der Waals surface area contributed by atoms with Crippen molar-refractivity contribution in [2.75, 3.05) is 13.7 Å². The number of hydrogen-bond acceptors (Lipinski definition) is 6.